The molecule has 3 heteroatoms. The van der Waals surface area contributed by atoms with Gasteiger partial charge in [-0.25, -0.2) is 0 Å². The maximum Gasteiger partial charge on any atom is 0.0376 e. The second kappa shape index (κ2) is 5.41. The molecule has 1 N–H and O–H groups in total. The van der Waals surface area contributed by atoms with Gasteiger partial charge in [-0.1, -0.05) is 6.92 Å². The molecular formula is C16H25N3. The van der Waals surface area contributed by atoms with Gasteiger partial charge >= 0.3 is 0 Å². The molecule has 1 unspecified atom stereocenters. The minimum atomic E-state index is 0.617. The maximum absolute atomic E-state index is 3.58. The SMILES string of the molecule is CCN1CCN(c2ccc3c(c2)CCC(C)N3)CC1. The van der Waals surface area contributed by atoms with Gasteiger partial charge in [0.25, 0.3) is 0 Å². The summed E-state index contributed by atoms with van der Waals surface area (Å²) in [5.74, 6) is 0. The van der Waals surface area contributed by atoms with Crippen molar-refractivity contribution in [2.45, 2.75) is 32.7 Å². The van der Waals surface area contributed by atoms with E-state index >= 15 is 0 Å². The van der Waals surface area contributed by atoms with Gasteiger partial charge in [-0.05, 0) is 50.1 Å². The molecule has 3 rings (SSSR count). The average molecular weight is 259 g/mol. The van der Waals surface area contributed by atoms with Crippen molar-refractivity contribution in [1.29, 1.82) is 0 Å². The lowest BCUT2D eigenvalue weighted by Gasteiger charge is -2.36. The van der Waals surface area contributed by atoms with E-state index in [1.807, 2.05) is 0 Å². The quantitative estimate of drug-likeness (QED) is 0.880. The predicted octanol–water partition coefficient (Wildman–Crippen LogP) is 2.58. The molecule has 0 saturated carbocycles. The lowest BCUT2D eigenvalue weighted by Crippen LogP contribution is -2.46. The van der Waals surface area contributed by atoms with Gasteiger partial charge in [-0.15, -0.1) is 0 Å². The third kappa shape index (κ3) is 2.71. The monoisotopic (exact) mass is 259 g/mol. The van der Waals surface area contributed by atoms with E-state index in [9.17, 15) is 0 Å². The van der Waals surface area contributed by atoms with Gasteiger partial charge in [0.05, 0.1) is 0 Å². The molecule has 3 nitrogen and oxygen atoms in total. The number of nitrogens with zero attached hydrogens (tertiary/aromatic N) is 2. The summed E-state index contributed by atoms with van der Waals surface area (Å²) in [5, 5.41) is 3.58. The van der Waals surface area contributed by atoms with Crippen LogP contribution in [0.3, 0.4) is 0 Å². The third-order valence-electron chi connectivity index (χ3n) is 4.52. The summed E-state index contributed by atoms with van der Waals surface area (Å²) >= 11 is 0. The molecule has 1 fully saturated rings. The molecule has 2 heterocycles. The van der Waals surface area contributed by atoms with Crippen molar-refractivity contribution in [3.05, 3.63) is 23.8 Å². The van der Waals surface area contributed by atoms with Crippen LogP contribution in [0.1, 0.15) is 25.8 Å². The zero-order valence-corrected chi connectivity index (χ0v) is 12.2. The van der Waals surface area contributed by atoms with Crippen molar-refractivity contribution < 1.29 is 0 Å². The van der Waals surface area contributed by atoms with Gasteiger partial charge in [-0.3, -0.25) is 0 Å². The second-order valence-electron chi connectivity index (χ2n) is 5.85. The van der Waals surface area contributed by atoms with Crippen LogP contribution in [0.2, 0.25) is 0 Å². The minimum absolute atomic E-state index is 0.617. The predicted molar refractivity (Wildman–Crippen MR) is 82.2 cm³/mol. The molecule has 0 radical (unpaired) electrons. The number of fused-ring (bicyclic) bond motifs is 1. The standard InChI is InChI=1S/C16H25N3/c1-3-18-8-10-19(11-9-18)15-6-7-16-14(12-15)5-4-13(2)17-16/h6-7,12-13,17H,3-5,8-11H2,1-2H3. The van der Waals surface area contributed by atoms with Crippen molar-refractivity contribution in [2.24, 2.45) is 0 Å². The van der Waals surface area contributed by atoms with Gasteiger partial charge in [0.1, 0.15) is 0 Å². The maximum atomic E-state index is 3.58. The molecule has 0 spiro atoms. The highest BCUT2D eigenvalue weighted by molar-refractivity contribution is 5.62. The number of aryl methyl sites for hydroxylation is 1. The number of rotatable bonds is 2. The highest BCUT2D eigenvalue weighted by atomic mass is 15.3. The molecule has 0 bridgehead atoms. The zero-order valence-electron chi connectivity index (χ0n) is 12.2. The summed E-state index contributed by atoms with van der Waals surface area (Å²) in [6.45, 7) is 10.4. The lowest BCUT2D eigenvalue weighted by atomic mass is 9.98. The van der Waals surface area contributed by atoms with Gasteiger partial charge in [0.2, 0.25) is 0 Å². The topological polar surface area (TPSA) is 18.5 Å². The van der Waals surface area contributed by atoms with Crippen molar-refractivity contribution in [3.8, 4) is 0 Å². The largest absolute Gasteiger partial charge is 0.382 e. The molecular weight excluding hydrogens is 234 g/mol. The molecule has 1 atom stereocenters. The van der Waals surface area contributed by atoms with Crippen LogP contribution in [0.25, 0.3) is 0 Å². The molecule has 19 heavy (non-hydrogen) atoms. The summed E-state index contributed by atoms with van der Waals surface area (Å²) in [5.41, 5.74) is 4.24. The van der Waals surface area contributed by atoms with Crippen LogP contribution in [-0.4, -0.2) is 43.7 Å². The Morgan fingerprint density at radius 3 is 2.74 bits per heavy atom. The first-order valence-corrected chi connectivity index (χ1v) is 7.63. The highest BCUT2D eigenvalue weighted by Crippen LogP contribution is 2.29. The Bertz CT molecular complexity index is 436. The molecule has 2 aliphatic rings. The van der Waals surface area contributed by atoms with Gasteiger partial charge in [0, 0.05) is 43.6 Å². The smallest absolute Gasteiger partial charge is 0.0376 e. The average Bonchev–Trinajstić information content (AvgIpc) is 2.47. The molecule has 0 amide bonds. The number of anilines is 2. The van der Waals surface area contributed by atoms with E-state index in [2.05, 4.69) is 47.2 Å². The normalized spacial score (nSPS) is 23.9. The first-order chi connectivity index (χ1) is 9.26. The highest BCUT2D eigenvalue weighted by Gasteiger charge is 2.18. The summed E-state index contributed by atoms with van der Waals surface area (Å²) in [6, 6.07) is 7.57. The Labute approximate surface area is 116 Å². The van der Waals surface area contributed by atoms with Crippen LogP contribution in [0, 0.1) is 0 Å². The lowest BCUT2D eigenvalue weighted by molar-refractivity contribution is 0.271. The number of hydrogen-bond donors (Lipinski definition) is 1. The van der Waals surface area contributed by atoms with Gasteiger partial charge in [-0.2, -0.15) is 0 Å². The number of hydrogen-bond acceptors (Lipinski definition) is 3. The molecule has 1 aromatic rings. The second-order valence-corrected chi connectivity index (χ2v) is 5.85. The van der Waals surface area contributed by atoms with Crippen LogP contribution in [0.15, 0.2) is 18.2 Å². The van der Waals surface area contributed by atoms with Gasteiger partial charge in [0.15, 0.2) is 0 Å². The first-order valence-electron chi connectivity index (χ1n) is 7.63. The van der Waals surface area contributed by atoms with E-state index in [1.165, 1.54) is 49.4 Å². The molecule has 0 aliphatic carbocycles. The van der Waals surface area contributed by atoms with Crippen molar-refractivity contribution >= 4 is 11.4 Å². The van der Waals surface area contributed by atoms with E-state index in [0.29, 0.717) is 6.04 Å². The van der Waals surface area contributed by atoms with E-state index < -0.39 is 0 Å². The number of likely N-dealkylation sites (N-methyl/N-ethyl adjacent to an activating group) is 1. The zero-order chi connectivity index (χ0) is 13.2. The third-order valence-corrected chi connectivity index (χ3v) is 4.52. The Balaban J connectivity index is 1.72. The van der Waals surface area contributed by atoms with Crippen LogP contribution in [-0.2, 0) is 6.42 Å². The minimum Gasteiger partial charge on any atom is -0.382 e. The summed E-state index contributed by atoms with van der Waals surface area (Å²) in [6.07, 6.45) is 2.46. The first kappa shape index (κ1) is 12.8. The van der Waals surface area contributed by atoms with E-state index in [0.717, 1.165) is 13.1 Å². The molecule has 1 saturated heterocycles. The van der Waals surface area contributed by atoms with E-state index in [4.69, 9.17) is 0 Å². The fourth-order valence-electron chi connectivity index (χ4n) is 3.16. The van der Waals surface area contributed by atoms with Gasteiger partial charge < -0.3 is 15.1 Å². The van der Waals surface area contributed by atoms with Crippen molar-refractivity contribution in [2.75, 3.05) is 42.9 Å². The Morgan fingerprint density at radius 1 is 1.21 bits per heavy atom. The Morgan fingerprint density at radius 2 is 2.00 bits per heavy atom. The van der Waals surface area contributed by atoms with Crippen LogP contribution in [0.5, 0.6) is 0 Å². The van der Waals surface area contributed by atoms with Crippen LogP contribution in [0.4, 0.5) is 11.4 Å². The molecule has 1 aromatic carbocycles. The van der Waals surface area contributed by atoms with Crippen molar-refractivity contribution in [3.63, 3.8) is 0 Å². The van der Waals surface area contributed by atoms with E-state index in [1.54, 1.807) is 0 Å². The molecule has 104 valence electrons. The Hall–Kier alpha value is -1.22. The number of nitrogens with one attached hydrogen (secondary N) is 1. The fraction of sp³-hybridized carbons (Fsp3) is 0.625. The number of benzene rings is 1. The summed E-state index contributed by atoms with van der Waals surface area (Å²) in [7, 11) is 0. The van der Waals surface area contributed by atoms with Crippen molar-refractivity contribution in [1.82, 2.24) is 4.90 Å². The van der Waals surface area contributed by atoms with Crippen LogP contribution >= 0.6 is 0 Å². The van der Waals surface area contributed by atoms with Crippen LogP contribution < -0.4 is 10.2 Å². The Kier molecular flexibility index (Phi) is 3.65. The summed E-state index contributed by atoms with van der Waals surface area (Å²) in [4.78, 5) is 5.06. The molecule has 2 aliphatic heterocycles. The molecule has 0 aromatic heterocycles. The van der Waals surface area contributed by atoms with E-state index in [-0.39, 0.29) is 0 Å². The fourth-order valence-corrected chi connectivity index (χ4v) is 3.16. The number of piperazine rings is 1. The summed E-state index contributed by atoms with van der Waals surface area (Å²) < 4.78 is 0.